The minimum atomic E-state index is -0.733. The van der Waals surface area contributed by atoms with Crippen LogP contribution >= 0.6 is 23.8 Å². The number of anilines is 1. The Morgan fingerprint density at radius 3 is 2.82 bits per heavy atom. The first-order chi connectivity index (χ1) is 13.5. The number of benzene rings is 1. The van der Waals surface area contributed by atoms with Gasteiger partial charge in [0.15, 0.2) is 4.77 Å². The van der Waals surface area contributed by atoms with Gasteiger partial charge in [0.05, 0.1) is 16.4 Å². The molecule has 1 aliphatic heterocycles. The first-order valence-electron chi connectivity index (χ1n) is 8.73. The van der Waals surface area contributed by atoms with Crippen molar-refractivity contribution in [2.75, 3.05) is 5.32 Å². The predicted octanol–water partition coefficient (Wildman–Crippen LogP) is 4.49. The van der Waals surface area contributed by atoms with Crippen LogP contribution in [0.25, 0.3) is 5.69 Å². The molecule has 0 unspecified atom stereocenters. The highest BCUT2D eigenvalue weighted by Crippen LogP contribution is 2.33. The molecule has 4 rings (SSSR count). The molecule has 0 atom stereocenters. The summed E-state index contributed by atoms with van der Waals surface area (Å²) in [7, 11) is 0. The first kappa shape index (κ1) is 18.6. The van der Waals surface area contributed by atoms with Crippen LogP contribution in [0.3, 0.4) is 0 Å². The second-order valence-electron chi connectivity index (χ2n) is 6.46. The third kappa shape index (κ3) is 3.29. The fourth-order valence-corrected chi connectivity index (χ4v) is 3.98. The van der Waals surface area contributed by atoms with E-state index in [0.717, 1.165) is 37.6 Å². The van der Waals surface area contributed by atoms with Gasteiger partial charge >= 0.3 is 0 Å². The molecular formula is C19H16ClFN4O2S. The van der Waals surface area contributed by atoms with Crippen LogP contribution in [0, 0.1) is 10.7 Å². The Morgan fingerprint density at radius 1 is 1.29 bits per heavy atom. The molecule has 6 nitrogen and oxygen atoms in total. The van der Waals surface area contributed by atoms with E-state index < -0.39 is 11.9 Å². The van der Waals surface area contributed by atoms with Crippen molar-refractivity contribution in [3.05, 3.63) is 63.5 Å². The normalized spacial score (nSPS) is 13.2. The average Bonchev–Trinajstić information content (AvgIpc) is 2.93. The molecular weight excluding hydrogens is 403 g/mol. The number of carbonyl (C=O) groups is 1. The number of aromatic hydroxyl groups is 1. The first-order valence-corrected chi connectivity index (χ1v) is 9.51. The summed E-state index contributed by atoms with van der Waals surface area (Å²) in [5.41, 5.74) is 1.70. The van der Waals surface area contributed by atoms with Gasteiger partial charge in [-0.1, -0.05) is 17.7 Å². The lowest BCUT2D eigenvalue weighted by Gasteiger charge is -2.12. The largest absolute Gasteiger partial charge is 0.493 e. The molecule has 1 amide bonds. The Labute approximate surface area is 170 Å². The lowest BCUT2D eigenvalue weighted by Crippen LogP contribution is -2.14. The molecule has 3 aromatic rings. The van der Waals surface area contributed by atoms with Gasteiger partial charge in [0.2, 0.25) is 11.8 Å². The second-order valence-corrected chi connectivity index (χ2v) is 7.24. The van der Waals surface area contributed by atoms with Crippen LogP contribution in [0.4, 0.5) is 10.1 Å². The summed E-state index contributed by atoms with van der Waals surface area (Å²) in [4.78, 5) is 15.8. The van der Waals surface area contributed by atoms with Gasteiger partial charge in [-0.25, -0.2) is 4.98 Å². The van der Waals surface area contributed by atoms with Gasteiger partial charge in [-0.15, -0.1) is 0 Å². The monoisotopic (exact) mass is 418 g/mol. The van der Waals surface area contributed by atoms with Crippen molar-refractivity contribution < 1.29 is 14.3 Å². The standard InChI is InChI=1S/C19H16ClFN4O2S/c20-12-10-11(22-17(26)13-4-3-6-16(21)23-13)7-8-14(12)25-18(27)15-5-1-2-9-24(15)19(25)28/h3-4,6-8,10,27H,1-2,5,9H2,(H,22,26). The highest BCUT2D eigenvalue weighted by atomic mass is 35.5. The summed E-state index contributed by atoms with van der Waals surface area (Å²) in [5.74, 6) is -1.20. The molecule has 28 heavy (non-hydrogen) atoms. The molecule has 0 bridgehead atoms. The number of nitrogens with zero attached hydrogens (tertiary/aromatic N) is 3. The van der Waals surface area contributed by atoms with Crippen LogP contribution in [0.5, 0.6) is 5.88 Å². The average molecular weight is 419 g/mol. The van der Waals surface area contributed by atoms with Crippen molar-refractivity contribution in [3.63, 3.8) is 0 Å². The number of amides is 1. The minimum absolute atomic E-state index is 0.0415. The SMILES string of the molecule is O=C(Nc1ccc(-n2c(O)c3n(c2=S)CCCC3)c(Cl)c1)c1cccc(F)n1. The number of rotatable bonds is 3. The molecule has 1 aromatic carbocycles. The molecule has 2 aromatic heterocycles. The summed E-state index contributed by atoms with van der Waals surface area (Å²) in [5, 5.41) is 13.6. The second kappa shape index (κ2) is 7.37. The molecule has 0 saturated heterocycles. The van der Waals surface area contributed by atoms with Gasteiger partial charge in [-0.3, -0.25) is 9.36 Å². The fourth-order valence-electron chi connectivity index (χ4n) is 3.33. The molecule has 0 saturated carbocycles. The zero-order valence-electron chi connectivity index (χ0n) is 14.7. The molecule has 9 heteroatoms. The lowest BCUT2D eigenvalue weighted by molar-refractivity contribution is 0.102. The molecule has 3 heterocycles. The molecule has 0 fully saturated rings. The Hall–Kier alpha value is -2.71. The highest BCUT2D eigenvalue weighted by Gasteiger charge is 2.22. The molecule has 0 aliphatic carbocycles. The van der Waals surface area contributed by atoms with Crippen molar-refractivity contribution in [1.82, 2.24) is 14.1 Å². The summed E-state index contributed by atoms with van der Waals surface area (Å²) >= 11 is 11.9. The van der Waals surface area contributed by atoms with Crippen LogP contribution in [-0.4, -0.2) is 25.1 Å². The van der Waals surface area contributed by atoms with E-state index in [-0.39, 0.29) is 11.6 Å². The number of pyridine rings is 1. The number of nitrogens with one attached hydrogen (secondary N) is 1. The summed E-state index contributed by atoms with van der Waals surface area (Å²) < 4.78 is 17.1. The Balaban J connectivity index is 1.65. The van der Waals surface area contributed by atoms with Crippen LogP contribution < -0.4 is 5.32 Å². The molecule has 1 aliphatic rings. The zero-order chi connectivity index (χ0) is 19.8. The number of halogens is 2. The van der Waals surface area contributed by atoms with E-state index in [1.165, 1.54) is 16.7 Å². The fraction of sp³-hybridized carbons (Fsp3) is 0.211. The zero-order valence-corrected chi connectivity index (χ0v) is 16.2. The van der Waals surface area contributed by atoms with Gasteiger partial charge in [0, 0.05) is 12.2 Å². The van der Waals surface area contributed by atoms with E-state index in [0.29, 0.717) is 21.2 Å². The van der Waals surface area contributed by atoms with E-state index in [4.69, 9.17) is 23.8 Å². The number of fused-ring (bicyclic) bond motifs is 1. The molecule has 2 N–H and O–H groups in total. The Morgan fingerprint density at radius 2 is 2.11 bits per heavy atom. The van der Waals surface area contributed by atoms with Gasteiger partial charge in [0.25, 0.3) is 5.91 Å². The van der Waals surface area contributed by atoms with Gasteiger partial charge in [0.1, 0.15) is 5.69 Å². The van der Waals surface area contributed by atoms with Crippen LogP contribution in [0.2, 0.25) is 5.02 Å². The highest BCUT2D eigenvalue weighted by molar-refractivity contribution is 7.71. The minimum Gasteiger partial charge on any atom is -0.493 e. The van der Waals surface area contributed by atoms with Gasteiger partial charge in [-0.2, -0.15) is 4.39 Å². The summed E-state index contributed by atoms with van der Waals surface area (Å²) in [6.07, 6.45) is 2.77. The maximum absolute atomic E-state index is 13.2. The van der Waals surface area contributed by atoms with Crippen molar-refractivity contribution in [2.45, 2.75) is 25.8 Å². The number of aromatic nitrogens is 3. The van der Waals surface area contributed by atoms with E-state index in [2.05, 4.69) is 10.3 Å². The molecule has 144 valence electrons. The molecule has 0 radical (unpaired) electrons. The Kier molecular flexibility index (Phi) is 4.91. The quantitative estimate of drug-likeness (QED) is 0.485. The third-order valence-electron chi connectivity index (χ3n) is 4.66. The smallest absolute Gasteiger partial charge is 0.274 e. The van der Waals surface area contributed by atoms with E-state index in [1.807, 2.05) is 4.57 Å². The Bertz CT molecular complexity index is 1140. The third-order valence-corrected chi connectivity index (χ3v) is 5.36. The summed E-state index contributed by atoms with van der Waals surface area (Å²) in [6, 6.07) is 8.83. The van der Waals surface area contributed by atoms with Crippen molar-refractivity contribution in [3.8, 4) is 11.6 Å². The predicted molar refractivity (Wildman–Crippen MR) is 106 cm³/mol. The van der Waals surface area contributed by atoms with E-state index >= 15 is 0 Å². The number of hydrogen-bond donors (Lipinski definition) is 2. The van der Waals surface area contributed by atoms with Gasteiger partial charge < -0.3 is 15.0 Å². The van der Waals surface area contributed by atoms with Crippen molar-refractivity contribution in [1.29, 1.82) is 0 Å². The van der Waals surface area contributed by atoms with Gasteiger partial charge in [-0.05, 0) is 61.8 Å². The van der Waals surface area contributed by atoms with Crippen LogP contribution in [-0.2, 0) is 13.0 Å². The van der Waals surface area contributed by atoms with E-state index in [9.17, 15) is 14.3 Å². The lowest BCUT2D eigenvalue weighted by atomic mass is 10.1. The summed E-state index contributed by atoms with van der Waals surface area (Å²) in [6.45, 7) is 0.765. The van der Waals surface area contributed by atoms with Crippen molar-refractivity contribution >= 4 is 35.4 Å². The van der Waals surface area contributed by atoms with Crippen LogP contribution in [0.15, 0.2) is 36.4 Å². The number of carbonyl (C=O) groups excluding carboxylic acids is 1. The number of imidazole rings is 1. The maximum atomic E-state index is 13.2. The van der Waals surface area contributed by atoms with Crippen molar-refractivity contribution in [2.24, 2.45) is 0 Å². The molecule has 0 spiro atoms. The topological polar surface area (TPSA) is 72.1 Å². The van der Waals surface area contributed by atoms with E-state index in [1.54, 1.807) is 18.2 Å². The number of hydrogen-bond acceptors (Lipinski definition) is 4. The maximum Gasteiger partial charge on any atom is 0.274 e. The van der Waals surface area contributed by atoms with Crippen LogP contribution in [0.1, 0.15) is 29.0 Å².